The molecule has 0 spiro atoms. The minimum absolute atomic E-state index is 0.0498. The lowest BCUT2D eigenvalue weighted by Crippen LogP contribution is -2.15. The molecule has 3 aromatic heterocycles. The molecule has 0 unspecified atom stereocenters. The molecule has 0 aliphatic heterocycles. The number of imidazole rings is 2. The summed E-state index contributed by atoms with van der Waals surface area (Å²) in [4.78, 5) is 21.9. The lowest BCUT2D eigenvalue weighted by atomic mass is 10.4. The maximum Gasteiger partial charge on any atom is 0.372 e. The van der Waals surface area contributed by atoms with Gasteiger partial charge in [-0.3, -0.25) is 0 Å². The number of fused-ring (bicyclic) bond motifs is 1. The first-order valence-electron chi connectivity index (χ1n) is 6.50. The Kier molecular flexibility index (Phi) is 3.45. The van der Waals surface area contributed by atoms with Crippen LogP contribution in [0.2, 0.25) is 0 Å². The van der Waals surface area contributed by atoms with Crippen LogP contribution in [-0.4, -0.2) is 38.0 Å². The summed E-state index contributed by atoms with van der Waals surface area (Å²) in [5.74, 6) is 1.04. The summed E-state index contributed by atoms with van der Waals surface area (Å²) < 4.78 is 3.40. The molecule has 3 aromatic rings. The van der Waals surface area contributed by atoms with Gasteiger partial charge in [-0.05, 0) is 4.92 Å². The predicted octanol–water partition coefficient (Wildman–Crippen LogP) is 1.72. The first kappa shape index (κ1) is 14.3. The van der Waals surface area contributed by atoms with Crippen LogP contribution in [0.3, 0.4) is 0 Å². The highest BCUT2D eigenvalue weighted by molar-refractivity contribution is 7.15. The van der Waals surface area contributed by atoms with Crippen LogP contribution in [0, 0.1) is 10.1 Å². The molecule has 3 rings (SSSR count). The van der Waals surface area contributed by atoms with Gasteiger partial charge in [0.2, 0.25) is 11.8 Å². The van der Waals surface area contributed by atoms with E-state index in [1.54, 1.807) is 17.8 Å². The van der Waals surface area contributed by atoms with Gasteiger partial charge in [0, 0.05) is 26.5 Å². The fourth-order valence-electron chi connectivity index (χ4n) is 2.25. The average Bonchev–Trinajstić information content (AvgIpc) is 3.09. The molecule has 1 N–H and O–H groups in total. The summed E-state index contributed by atoms with van der Waals surface area (Å²) in [5.41, 5.74) is 0.911. The number of aromatic nitrogens is 4. The fraction of sp³-hybridized carbons (Fsp3) is 0.333. The number of nitrogens with zero attached hydrogens (tertiary/aromatic N) is 6. The summed E-state index contributed by atoms with van der Waals surface area (Å²) in [7, 11) is 5.72. The third kappa shape index (κ3) is 2.26. The quantitative estimate of drug-likeness (QED) is 0.568. The number of nitrogens with one attached hydrogen (secondary N) is 1. The van der Waals surface area contributed by atoms with Crippen molar-refractivity contribution in [2.24, 2.45) is 7.05 Å². The molecule has 0 amide bonds. The molecule has 10 heteroatoms. The summed E-state index contributed by atoms with van der Waals surface area (Å²) in [5, 5.41) is 16.1. The van der Waals surface area contributed by atoms with Crippen molar-refractivity contribution in [2.45, 2.75) is 6.54 Å². The van der Waals surface area contributed by atoms with Crippen molar-refractivity contribution in [2.75, 3.05) is 24.3 Å². The van der Waals surface area contributed by atoms with E-state index in [1.165, 1.54) is 15.7 Å². The third-order valence-electron chi connectivity index (χ3n) is 3.31. The Labute approximate surface area is 130 Å². The molecule has 0 fully saturated rings. The Balaban J connectivity index is 1.86. The average molecular weight is 321 g/mol. The van der Waals surface area contributed by atoms with Gasteiger partial charge in [0.1, 0.15) is 6.20 Å². The Morgan fingerprint density at radius 1 is 1.50 bits per heavy atom. The predicted molar refractivity (Wildman–Crippen MR) is 84.6 cm³/mol. The molecule has 9 nitrogen and oxygen atoms in total. The summed E-state index contributed by atoms with van der Waals surface area (Å²) in [6.07, 6.45) is 3.39. The number of rotatable bonds is 5. The highest BCUT2D eigenvalue weighted by atomic mass is 32.1. The zero-order valence-corrected chi connectivity index (χ0v) is 13.2. The Bertz CT molecular complexity index is 832. The lowest BCUT2D eigenvalue weighted by molar-refractivity contribution is -0.389. The molecule has 0 radical (unpaired) electrons. The SMILES string of the molecule is CN(C)c1ncc(CNc2nc3sccn3c2[N+](=O)[O-])n1C. The van der Waals surface area contributed by atoms with E-state index in [4.69, 9.17) is 0 Å². The zero-order valence-electron chi connectivity index (χ0n) is 12.3. The van der Waals surface area contributed by atoms with Crippen LogP contribution in [0.15, 0.2) is 17.8 Å². The van der Waals surface area contributed by atoms with Gasteiger partial charge in [0.25, 0.3) is 4.96 Å². The molecule has 0 aliphatic carbocycles. The summed E-state index contributed by atoms with van der Waals surface area (Å²) in [6.45, 7) is 0.406. The van der Waals surface area contributed by atoms with Gasteiger partial charge in [-0.15, -0.1) is 0 Å². The number of anilines is 2. The van der Waals surface area contributed by atoms with Crippen LogP contribution < -0.4 is 10.2 Å². The smallest absolute Gasteiger partial charge is 0.358 e. The van der Waals surface area contributed by atoms with Crippen molar-refractivity contribution >= 4 is 33.9 Å². The molecular weight excluding hydrogens is 306 g/mol. The van der Waals surface area contributed by atoms with Gasteiger partial charge in [-0.1, -0.05) is 11.3 Å². The Morgan fingerprint density at radius 2 is 2.27 bits per heavy atom. The maximum absolute atomic E-state index is 11.3. The van der Waals surface area contributed by atoms with Crippen LogP contribution in [0.1, 0.15) is 5.69 Å². The standard InChI is InChI=1S/C12H15N7O2S/c1-16(2)11-14-7-8(17(11)3)6-13-9-10(19(20)21)18-4-5-22-12(18)15-9/h4-5,7,13H,6H2,1-3H3. The van der Waals surface area contributed by atoms with Crippen molar-refractivity contribution in [1.29, 1.82) is 0 Å². The second-order valence-electron chi connectivity index (χ2n) is 4.95. The second kappa shape index (κ2) is 5.30. The molecule has 0 saturated heterocycles. The van der Waals surface area contributed by atoms with Crippen LogP contribution in [0.25, 0.3) is 4.96 Å². The van der Waals surface area contributed by atoms with Crippen molar-refractivity contribution in [3.63, 3.8) is 0 Å². The van der Waals surface area contributed by atoms with Gasteiger partial charge >= 0.3 is 5.82 Å². The van der Waals surface area contributed by atoms with Crippen LogP contribution in [0.5, 0.6) is 0 Å². The zero-order chi connectivity index (χ0) is 15.9. The van der Waals surface area contributed by atoms with Crippen LogP contribution >= 0.6 is 11.3 Å². The molecule has 22 heavy (non-hydrogen) atoms. The second-order valence-corrected chi connectivity index (χ2v) is 5.83. The van der Waals surface area contributed by atoms with Gasteiger partial charge in [0.05, 0.1) is 18.4 Å². The first-order chi connectivity index (χ1) is 10.5. The molecule has 0 bridgehead atoms. The van der Waals surface area contributed by atoms with Crippen LogP contribution in [-0.2, 0) is 13.6 Å². The van der Waals surface area contributed by atoms with E-state index in [9.17, 15) is 10.1 Å². The van der Waals surface area contributed by atoms with Gasteiger partial charge in [-0.25, -0.2) is 4.98 Å². The molecule has 116 valence electrons. The highest BCUT2D eigenvalue weighted by Crippen LogP contribution is 2.28. The van der Waals surface area contributed by atoms with Gasteiger partial charge < -0.3 is 24.9 Å². The van der Waals surface area contributed by atoms with Gasteiger partial charge in [0.15, 0.2) is 0 Å². The Morgan fingerprint density at radius 3 is 2.91 bits per heavy atom. The number of nitro groups is 1. The maximum atomic E-state index is 11.3. The highest BCUT2D eigenvalue weighted by Gasteiger charge is 2.23. The molecule has 0 atom stereocenters. The number of hydrogen-bond acceptors (Lipinski definition) is 7. The van der Waals surface area contributed by atoms with Crippen molar-refractivity contribution < 1.29 is 4.92 Å². The number of thiazole rings is 1. The van der Waals surface area contributed by atoms with Crippen LogP contribution in [0.4, 0.5) is 17.6 Å². The molecule has 3 heterocycles. The van der Waals surface area contributed by atoms with E-state index in [0.717, 1.165) is 11.6 Å². The summed E-state index contributed by atoms with van der Waals surface area (Å²) >= 11 is 1.36. The van der Waals surface area contributed by atoms with Gasteiger partial charge in [-0.2, -0.15) is 9.38 Å². The molecule has 0 aliphatic rings. The topological polar surface area (TPSA) is 93.5 Å². The molecule has 0 aromatic carbocycles. The van der Waals surface area contributed by atoms with Crippen molar-refractivity contribution in [3.8, 4) is 0 Å². The molecule has 0 saturated carbocycles. The van der Waals surface area contributed by atoms with E-state index in [1.807, 2.05) is 30.6 Å². The van der Waals surface area contributed by atoms with Crippen molar-refractivity contribution in [1.82, 2.24) is 18.9 Å². The minimum atomic E-state index is -0.427. The lowest BCUT2D eigenvalue weighted by Gasteiger charge is -2.12. The molecular formula is C12H15N7O2S. The first-order valence-corrected chi connectivity index (χ1v) is 7.38. The Hall–Kier alpha value is -2.62. The summed E-state index contributed by atoms with van der Waals surface area (Å²) in [6, 6.07) is 0. The van der Waals surface area contributed by atoms with E-state index in [2.05, 4.69) is 15.3 Å². The minimum Gasteiger partial charge on any atom is -0.358 e. The third-order valence-corrected chi connectivity index (χ3v) is 4.06. The van der Waals surface area contributed by atoms with E-state index >= 15 is 0 Å². The largest absolute Gasteiger partial charge is 0.372 e. The monoisotopic (exact) mass is 321 g/mol. The van der Waals surface area contributed by atoms with E-state index in [-0.39, 0.29) is 11.6 Å². The van der Waals surface area contributed by atoms with E-state index < -0.39 is 4.92 Å². The van der Waals surface area contributed by atoms with E-state index in [0.29, 0.717) is 11.5 Å². The number of hydrogen-bond donors (Lipinski definition) is 1. The fourth-order valence-corrected chi connectivity index (χ4v) is 2.96. The normalized spacial score (nSPS) is 11.0. The van der Waals surface area contributed by atoms with Crippen molar-refractivity contribution in [3.05, 3.63) is 33.6 Å².